The number of unbranched alkanes of at least 4 members (excludes halogenated alkanes) is 5. The van der Waals surface area contributed by atoms with Crippen molar-refractivity contribution in [1.82, 2.24) is 0 Å². The van der Waals surface area contributed by atoms with Gasteiger partial charge in [-0.25, -0.2) is 4.79 Å². The number of carbonyl (C=O) groups is 1. The van der Waals surface area contributed by atoms with Crippen molar-refractivity contribution in [2.24, 2.45) is 0 Å². The van der Waals surface area contributed by atoms with E-state index in [9.17, 15) is 15.0 Å². The number of carboxylic acids is 1. The average molecular weight is 363 g/mol. The van der Waals surface area contributed by atoms with Crippen LogP contribution in [0.2, 0.25) is 0 Å². The van der Waals surface area contributed by atoms with Gasteiger partial charge in [0.25, 0.3) is 0 Å². The molecule has 0 saturated carbocycles. The zero-order valence-corrected chi connectivity index (χ0v) is 15.9. The van der Waals surface area contributed by atoms with Crippen molar-refractivity contribution in [2.45, 2.75) is 70.8 Å². The van der Waals surface area contributed by atoms with Crippen LogP contribution >= 0.6 is 0 Å². The predicted molar refractivity (Wildman–Crippen MR) is 108 cm³/mol. The highest BCUT2D eigenvalue weighted by Crippen LogP contribution is 2.11. The van der Waals surface area contributed by atoms with Crippen LogP contribution < -0.4 is 0 Å². The summed E-state index contributed by atoms with van der Waals surface area (Å²) in [6.07, 6.45) is 23.7. The Hall–Kier alpha value is -2.07. The molecular formula is C22H34O4. The molecule has 0 aliphatic carbocycles. The first-order chi connectivity index (χ1) is 12.6. The Balaban J connectivity index is 3.80. The lowest BCUT2D eigenvalue weighted by Crippen LogP contribution is -2.05. The molecule has 0 aliphatic rings. The smallest absolute Gasteiger partial charge is 0.328 e. The van der Waals surface area contributed by atoms with E-state index >= 15 is 0 Å². The Morgan fingerprint density at radius 1 is 0.846 bits per heavy atom. The molecule has 3 N–H and O–H groups in total. The number of hydrogen-bond acceptors (Lipinski definition) is 3. The van der Waals surface area contributed by atoms with Gasteiger partial charge in [0, 0.05) is 6.08 Å². The molecule has 0 aromatic heterocycles. The summed E-state index contributed by atoms with van der Waals surface area (Å²) in [4.78, 5) is 10.2. The minimum atomic E-state index is -1.01. The zero-order valence-electron chi connectivity index (χ0n) is 15.9. The number of carboxylic acid groups (broad SMARTS) is 1. The van der Waals surface area contributed by atoms with Crippen molar-refractivity contribution in [1.29, 1.82) is 0 Å². The third kappa shape index (κ3) is 18.3. The van der Waals surface area contributed by atoms with E-state index in [1.54, 1.807) is 18.2 Å². The van der Waals surface area contributed by atoms with Gasteiger partial charge >= 0.3 is 5.97 Å². The van der Waals surface area contributed by atoms with Gasteiger partial charge in [0.2, 0.25) is 0 Å². The second-order valence-corrected chi connectivity index (χ2v) is 6.25. The van der Waals surface area contributed by atoms with Crippen molar-refractivity contribution < 1.29 is 20.1 Å². The molecule has 0 spiro atoms. The monoisotopic (exact) mass is 362 g/mol. The first-order valence-electron chi connectivity index (χ1n) is 9.54. The van der Waals surface area contributed by atoms with E-state index in [1.807, 2.05) is 12.2 Å². The van der Waals surface area contributed by atoms with Crippen LogP contribution in [-0.2, 0) is 4.79 Å². The number of allylic oxidation sites excluding steroid dienone is 8. The second kappa shape index (κ2) is 17.7. The Bertz CT molecular complexity index is 498. The molecule has 4 nitrogen and oxygen atoms in total. The summed E-state index contributed by atoms with van der Waals surface area (Å²) in [5.74, 6) is -0.928. The topological polar surface area (TPSA) is 77.8 Å². The van der Waals surface area contributed by atoms with Crippen LogP contribution in [0.3, 0.4) is 0 Å². The maximum atomic E-state index is 10.2. The summed E-state index contributed by atoms with van der Waals surface area (Å²) in [6, 6.07) is 0. The van der Waals surface area contributed by atoms with Crippen molar-refractivity contribution >= 4 is 5.97 Å². The molecule has 0 aliphatic heterocycles. The van der Waals surface area contributed by atoms with Gasteiger partial charge in [0.15, 0.2) is 0 Å². The van der Waals surface area contributed by atoms with Gasteiger partial charge in [-0.15, -0.1) is 0 Å². The summed E-state index contributed by atoms with van der Waals surface area (Å²) in [6.45, 7) is 2.21. The normalized spacial score (nSPS) is 14.3. The van der Waals surface area contributed by atoms with E-state index in [2.05, 4.69) is 6.92 Å². The van der Waals surface area contributed by atoms with Crippen molar-refractivity contribution in [3.8, 4) is 0 Å². The van der Waals surface area contributed by atoms with Crippen molar-refractivity contribution in [2.75, 3.05) is 0 Å². The summed E-state index contributed by atoms with van der Waals surface area (Å²) in [5.41, 5.74) is 0. The highest BCUT2D eigenvalue weighted by atomic mass is 16.4. The molecule has 0 bridgehead atoms. The molecule has 0 aromatic carbocycles. The second-order valence-electron chi connectivity index (χ2n) is 6.25. The maximum Gasteiger partial charge on any atom is 0.328 e. The van der Waals surface area contributed by atoms with Crippen LogP contribution in [-0.4, -0.2) is 27.4 Å². The van der Waals surface area contributed by atoms with Gasteiger partial charge in [-0.2, -0.15) is 0 Å². The molecule has 0 rings (SSSR count). The van der Waals surface area contributed by atoms with Crippen LogP contribution in [0.1, 0.15) is 64.7 Å². The third-order valence-corrected chi connectivity index (χ3v) is 3.80. The molecule has 26 heavy (non-hydrogen) atoms. The van der Waals surface area contributed by atoms with Crippen LogP contribution in [0.15, 0.2) is 60.4 Å². The van der Waals surface area contributed by atoms with Crippen molar-refractivity contribution in [3.63, 3.8) is 0 Å². The molecule has 0 aromatic rings. The lowest BCUT2D eigenvalue weighted by molar-refractivity contribution is -0.131. The minimum absolute atomic E-state index is 0.0812. The van der Waals surface area contributed by atoms with Crippen LogP contribution in [0.4, 0.5) is 0 Å². The summed E-state index contributed by atoms with van der Waals surface area (Å²) >= 11 is 0. The molecule has 0 heterocycles. The van der Waals surface area contributed by atoms with Gasteiger partial charge in [0.1, 0.15) is 5.76 Å². The molecule has 1 unspecified atom stereocenters. The Morgan fingerprint density at radius 3 is 2.27 bits per heavy atom. The van der Waals surface area contributed by atoms with Crippen LogP contribution in [0, 0.1) is 0 Å². The molecule has 0 fully saturated rings. The van der Waals surface area contributed by atoms with E-state index < -0.39 is 5.97 Å². The van der Waals surface area contributed by atoms with Crippen LogP contribution in [0.5, 0.6) is 0 Å². The van der Waals surface area contributed by atoms with Gasteiger partial charge in [0.05, 0.1) is 6.10 Å². The Kier molecular flexibility index (Phi) is 16.3. The largest absolute Gasteiger partial charge is 0.508 e. The number of aliphatic hydroxyl groups excluding tert-OH is 2. The fourth-order valence-corrected chi connectivity index (χ4v) is 2.33. The van der Waals surface area contributed by atoms with E-state index in [0.29, 0.717) is 0 Å². The number of aliphatic hydroxyl groups is 2. The van der Waals surface area contributed by atoms with E-state index in [-0.39, 0.29) is 11.9 Å². The predicted octanol–water partition coefficient (Wildman–Crippen LogP) is 5.63. The molecule has 146 valence electrons. The highest BCUT2D eigenvalue weighted by molar-refractivity contribution is 5.80. The quantitative estimate of drug-likeness (QED) is 0.153. The van der Waals surface area contributed by atoms with E-state index in [1.165, 1.54) is 50.3 Å². The highest BCUT2D eigenvalue weighted by Gasteiger charge is 2.02. The molecule has 0 saturated heterocycles. The first kappa shape index (κ1) is 23.9. The van der Waals surface area contributed by atoms with Gasteiger partial charge in [-0.3, -0.25) is 0 Å². The zero-order chi connectivity index (χ0) is 19.5. The lowest BCUT2D eigenvalue weighted by atomic mass is 10.0. The number of hydrogen-bond donors (Lipinski definition) is 3. The summed E-state index contributed by atoms with van der Waals surface area (Å²) < 4.78 is 0. The first-order valence-corrected chi connectivity index (χ1v) is 9.54. The third-order valence-electron chi connectivity index (χ3n) is 3.80. The average Bonchev–Trinajstić information content (AvgIpc) is 2.60. The SMILES string of the molecule is CCCCCCCCC(O)CCC=CC=CC(O)=CC=CC=CC(=O)O. The van der Waals surface area contributed by atoms with E-state index in [4.69, 9.17) is 5.11 Å². The molecular weight excluding hydrogens is 328 g/mol. The fraction of sp³-hybridized carbons (Fsp3) is 0.500. The van der Waals surface area contributed by atoms with Gasteiger partial charge in [-0.1, -0.05) is 81.9 Å². The molecule has 0 amide bonds. The van der Waals surface area contributed by atoms with Gasteiger partial charge in [-0.05, 0) is 31.4 Å². The Morgan fingerprint density at radius 2 is 1.54 bits per heavy atom. The fourth-order valence-electron chi connectivity index (χ4n) is 2.33. The van der Waals surface area contributed by atoms with Gasteiger partial charge < -0.3 is 15.3 Å². The minimum Gasteiger partial charge on any atom is -0.508 e. The lowest BCUT2D eigenvalue weighted by Gasteiger charge is -2.08. The summed E-state index contributed by atoms with van der Waals surface area (Å²) in [7, 11) is 0. The van der Waals surface area contributed by atoms with E-state index in [0.717, 1.165) is 31.8 Å². The standard InChI is InChI=1S/C22H34O4/c1-2-3-4-5-6-10-15-20(23)16-11-7-8-12-17-21(24)18-13-9-14-19-22(25)26/h7-9,12-14,17-20,23-24H,2-6,10-11,15-16H2,1H3,(H,25,26). The van der Waals surface area contributed by atoms with Crippen molar-refractivity contribution in [3.05, 3.63) is 60.4 Å². The van der Waals surface area contributed by atoms with Crippen LogP contribution in [0.25, 0.3) is 0 Å². The number of rotatable bonds is 15. The molecule has 4 heteroatoms. The number of aliphatic carboxylic acids is 1. The molecule has 0 radical (unpaired) electrons. The molecule has 1 atom stereocenters. The maximum absolute atomic E-state index is 10.2. The summed E-state index contributed by atoms with van der Waals surface area (Å²) in [5, 5.41) is 27.9. The Labute approximate surface area is 157 Å².